The van der Waals surface area contributed by atoms with Crippen molar-refractivity contribution in [2.75, 3.05) is 12.4 Å². The number of fused-ring (bicyclic) bond motifs is 1. The van der Waals surface area contributed by atoms with E-state index in [-0.39, 0.29) is 49.4 Å². The van der Waals surface area contributed by atoms with Crippen LogP contribution in [0.2, 0.25) is 0 Å². The van der Waals surface area contributed by atoms with Gasteiger partial charge >= 0.3 is 5.97 Å². The van der Waals surface area contributed by atoms with Crippen LogP contribution in [-0.2, 0) is 25.5 Å². The van der Waals surface area contributed by atoms with Crippen molar-refractivity contribution in [2.45, 2.75) is 45.2 Å². The van der Waals surface area contributed by atoms with E-state index in [9.17, 15) is 19.5 Å². The molecular weight excluding hydrogens is 388 g/mol. The second-order valence-electron chi connectivity index (χ2n) is 6.33. The van der Waals surface area contributed by atoms with Crippen LogP contribution < -0.4 is 5.32 Å². The summed E-state index contributed by atoms with van der Waals surface area (Å²) in [5.74, 6) is -1.31. The zero-order valence-corrected chi connectivity index (χ0v) is 16.1. The van der Waals surface area contributed by atoms with Gasteiger partial charge < -0.3 is 15.2 Å². The molecule has 7 nitrogen and oxygen atoms in total. The molecule has 2 amide bonds. The first kappa shape index (κ1) is 21.5. The SMILES string of the molecule is C.CC(C)OCC1=C(C(=O)O)N2C(=O)C(NC(=O)Cc3cccs3)C2SC1. The lowest BCUT2D eigenvalue weighted by atomic mass is 10.0. The van der Waals surface area contributed by atoms with Gasteiger partial charge in [-0.05, 0) is 30.9 Å². The maximum atomic E-state index is 12.5. The quantitative estimate of drug-likeness (QED) is 0.666. The minimum atomic E-state index is -1.14. The first-order valence-electron chi connectivity index (χ1n) is 8.21. The number of hydrogen-bond donors (Lipinski definition) is 2. The van der Waals surface area contributed by atoms with Gasteiger partial charge in [-0.1, -0.05) is 13.5 Å². The number of carbonyl (C=O) groups is 3. The number of nitrogens with one attached hydrogen (secondary N) is 1. The van der Waals surface area contributed by atoms with E-state index in [1.54, 1.807) is 0 Å². The van der Waals surface area contributed by atoms with Gasteiger partial charge in [0.15, 0.2) is 0 Å². The van der Waals surface area contributed by atoms with Crippen molar-refractivity contribution in [3.8, 4) is 0 Å². The van der Waals surface area contributed by atoms with Crippen LogP contribution in [0.5, 0.6) is 0 Å². The molecule has 2 aliphatic heterocycles. The van der Waals surface area contributed by atoms with E-state index < -0.39 is 12.0 Å². The Bertz CT molecular complexity index is 745. The Balaban J connectivity index is 0.00000261. The van der Waals surface area contributed by atoms with Crippen LogP contribution in [0.15, 0.2) is 28.8 Å². The molecule has 0 bridgehead atoms. The van der Waals surface area contributed by atoms with Crippen LogP contribution >= 0.6 is 23.1 Å². The fourth-order valence-electron chi connectivity index (χ4n) is 2.86. The molecule has 0 radical (unpaired) electrons. The molecule has 0 aromatic carbocycles. The van der Waals surface area contributed by atoms with Crippen LogP contribution in [0.4, 0.5) is 0 Å². The lowest BCUT2D eigenvalue weighted by molar-refractivity contribution is -0.150. The molecule has 148 valence electrons. The molecule has 2 aliphatic rings. The minimum absolute atomic E-state index is 0. The molecule has 0 aliphatic carbocycles. The highest BCUT2D eigenvalue weighted by molar-refractivity contribution is 8.00. The fraction of sp³-hybridized carbons (Fsp3) is 0.500. The lowest BCUT2D eigenvalue weighted by Gasteiger charge is -2.49. The van der Waals surface area contributed by atoms with E-state index >= 15 is 0 Å². The van der Waals surface area contributed by atoms with E-state index in [1.165, 1.54) is 28.0 Å². The third kappa shape index (κ3) is 4.53. The van der Waals surface area contributed by atoms with Gasteiger partial charge in [-0.3, -0.25) is 14.5 Å². The van der Waals surface area contributed by atoms with Gasteiger partial charge in [0, 0.05) is 10.6 Å². The molecule has 2 atom stereocenters. The highest BCUT2D eigenvalue weighted by atomic mass is 32.2. The zero-order chi connectivity index (χ0) is 18.8. The number of rotatable bonds is 7. The number of hydrogen-bond acceptors (Lipinski definition) is 6. The molecule has 2 unspecified atom stereocenters. The molecule has 0 saturated carbocycles. The Morgan fingerprint density at radius 2 is 2.19 bits per heavy atom. The smallest absolute Gasteiger partial charge is 0.352 e. The fourth-order valence-corrected chi connectivity index (χ4v) is 4.89. The van der Waals surface area contributed by atoms with E-state index in [0.29, 0.717) is 11.3 Å². The van der Waals surface area contributed by atoms with Crippen LogP contribution in [0, 0.1) is 0 Å². The Kier molecular flexibility index (Phi) is 7.07. The predicted octanol–water partition coefficient (Wildman–Crippen LogP) is 2.09. The van der Waals surface area contributed by atoms with Gasteiger partial charge in [0.05, 0.1) is 19.1 Å². The summed E-state index contributed by atoms with van der Waals surface area (Å²) in [6, 6.07) is 3.04. The summed E-state index contributed by atoms with van der Waals surface area (Å²) in [4.78, 5) is 38.5. The van der Waals surface area contributed by atoms with Crippen LogP contribution in [0.1, 0.15) is 26.2 Å². The average Bonchev–Trinajstić information content (AvgIpc) is 3.09. The Labute approximate surface area is 166 Å². The standard InChI is InChI=1S/C17H20N2O5S2.CH4/c1-9(2)24-7-10-8-26-16-13(15(21)19(16)14(10)17(22)23)18-12(20)6-11-4-3-5-25-11;/h3-5,9,13,16H,6-8H2,1-2H3,(H,18,20)(H,22,23);1H4. The maximum Gasteiger partial charge on any atom is 0.352 e. The summed E-state index contributed by atoms with van der Waals surface area (Å²) in [5.41, 5.74) is 0.576. The van der Waals surface area contributed by atoms with Crippen LogP contribution in [0.25, 0.3) is 0 Å². The van der Waals surface area contributed by atoms with Crippen LogP contribution in [0.3, 0.4) is 0 Å². The zero-order valence-electron chi connectivity index (χ0n) is 14.4. The third-order valence-electron chi connectivity index (χ3n) is 4.07. The van der Waals surface area contributed by atoms with Gasteiger partial charge in [0.2, 0.25) is 5.91 Å². The summed E-state index contributed by atoms with van der Waals surface area (Å²) in [6.07, 6.45) is 0.185. The number of β-lactam (4-membered cyclic amide) rings is 1. The topological polar surface area (TPSA) is 95.9 Å². The molecule has 1 saturated heterocycles. The number of carbonyl (C=O) groups excluding carboxylic acids is 2. The molecule has 1 aromatic rings. The van der Waals surface area contributed by atoms with Gasteiger partial charge in [0.1, 0.15) is 17.1 Å². The second-order valence-corrected chi connectivity index (χ2v) is 8.47. The molecule has 1 fully saturated rings. The third-order valence-corrected chi connectivity index (χ3v) is 6.29. The number of thioether (sulfide) groups is 1. The monoisotopic (exact) mass is 412 g/mol. The molecule has 27 heavy (non-hydrogen) atoms. The summed E-state index contributed by atoms with van der Waals surface area (Å²) in [7, 11) is 0. The van der Waals surface area contributed by atoms with Crippen molar-refractivity contribution >= 4 is 40.9 Å². The number of amides is 2. The first-order chi connectivity index (χ1) is 12.4. The van der Waals surface area contributed by atoms with Crippen molar-refractivity contribution in [2.24, 2.45) is 0 Å². The van der Waals surface area contributed by atoms with Gasteiger partial charge in [-0.15, -0.1) is 23.1 Å². The van der Waals surface area contributed by atoms with Crippen LogP contribution in [-0.4, -0.2) is 57.7 Å². The number of carboxylic acid groups (broad SMARTS) is 1. The van der Waals surface area contributed by atoms with Crippen molar-refractivity contribution in [3.05, 3.63) is 33.7 Å². The summed E-state index contributed by atoms with van der Waals surface area (Å²) >= 11 is 2.93. The van der Waals surface area contributed by atoms with E-state index in [4.69, 9.17) is 4.74 Å². The number of aliphatic carboxylic acids is 1. The largest absolute Gasteiger partial charge is 0.477 e. The molecule has 9 heteroatoms. The number of thiophene rings is 1. The van der Waals surface area contributed by atoms with Gasteiger partial charge in [-0.25, -0.2) is 4.79 Å². The normalized spacial score (nSPS) is 21.4. The van der Waals surface area contributed by atoms with Crippen molar-refractivity contribution in [3.63, 3.8) is 0 Å². The highest BCUT2D eigenvalue weighted by Gasteiger charge is 2.54. The van der Waals surface area contributed by atoms with E-state index in [2.05, 4.69) is 5.32 Å². The first-order valence-corrected chi connectivity index (χ1v) is 10.1. The molecule has 2 N–H and O–H groups in total. The Morgan fingerprint density at radius 3 is 2.78 bits per heavy atom. The Hall–Kier alpha value is -1.84. The van der Waals surface area contributed by atoms with E-state index in [1.807, 2.05) is 31.4 Å². The summed E-state index contributed by atoms with van der Waals surface area (Å²) < 4.78 is 5.51. The molecule has 3 heterocycles. The summed E-state index contributed by atoms with van der Waals surface area (Å²) in [5, 5.41) is 13.8. The molecule has 1 aromatic heterocycles. The van der Waals surface area contributed by atoms with E-state index in [0.717, 1.165) is 4.88 Å². The Morgan fingerprint density at radius 1 is 1.44 bits per heavy atom. The number of carboxylic acids is 1. The highest BCUT2D eigenvalue weighted by Crippen LogP contribution is 2.40. The lowest BCUT2D eigenvalue weighted by Crippen LogP contribution is -2.70. The average molecular weight is 413 g/mol. The second kappa shape index (κ2) is 8.90. The molecular formula is C18H24N2O5S2. The number of ether oxygens (including phenoxy) is 1. The van der Waals surface area contributed by atoms with Gasteiger partial charge in [0.25, 0.3) is 5.91 Å². The molecule has 3 rings (SSSR count). The summed E-state index contributed by atoms with van der Waals surface area (Å²) in [6.45, 7) is 3.92. The molecule has 0 spiro atoms. The number of nitrogens with zero attached hydrogens (tertiary/aromatic N) is 1. The maximum absolute atomic E-state index is 12.5. The van der Waals surface area contributed by atoms with Crippen molar-refractivity contribution < 1.29 is 24.2 Å². The van der Waals surface area contributed by atoms with Crippen molar-refractivity contribution in [1.82, 2.24) is 10.2 Å². The minimum Gasteiger partial charge on any atom is -0.477 e. The van der Waals surface area contributed by atoms with Crippen molar-refractivity contribution in [1.29, 1.82) is 0 Å². The predicted molar refractivity (Wildman–Crippen MR) is 106 cm³/mol. The van der Waals surface area contributed by atoms with Gasteiger partial charge in [-0.2, -0.15) is 0 Å².